The van der Waals surface area contributed by atoms with Gasteiger partial charge < -0.3 is 9.52 Å². The standard InChI is InChI=1S/C13H15N3O3/c1-9-5-4-6-10(14-9)13-16-15-11(19-13)7-2-3-8-12(17)18/h4-6H,2-3,7-8H2,1H3,(H,17,18). The normalized spacial score (nSPS) is 10.6. The zero-order valence-electron chi connectivity index (χ0n) is 10.7. The van der Waals surface area contributed by atoms with Crippen LogP contribution in [0.25, 0.3) is 11.6 Å². The molecule has 6 nitrogen and oxygen atoms in total. The van der Waals surface area contributed by atoms with Crippen LogP contribution in [0.15, 0.2) is 22.6 Å². The van der Waals surface area contributed by atoms with E-state index >= 15 is 0 Å². The van der Waals surface area contributed by atoms with E-state index in [9.17, 15) is 4.79 Å². The molecule has 0 aliphatic carbocycles. The van der Waals surface area contributed by atoms with E-state index in [1.165, 1.54) is 0 Å². The van der Waals surface area contributed by atoms with Crippen LogP contribution in [0.4, 0.5) is 0 Å². The molecule has 2 heterocycles. The zero-order valence-corrected chi connectivity index (χ0v) is 10.7. The van der Waals surface area contributed by atoms with Crippen molar-refractivity contribution in [2.24, 2.45) is 0 Å². The minimum Gasteiger partial charge on any atom is -0.481 e. The Labute approximate surface area is 110 Å². The van der Waals surface area contributed by atoms with Crippen LogP contribution >= 0.6 is 0 Å². The highest BCUT2D eigenvalue weighted by Crippen LogP contribution is 2.16. The van der Waals surface area contributed by atoms with Gasteiger partial charge in [0.05, 0.1) is 0 Å². The predicted octanol–water partition coefficient (Wildman–Crippen LogP) is 2.24. The molecule has 2 aromatic rings. The van der Waals surface area contributed by atoms with Crippen LogP contribution in [-0.4, -0.2) is 26.3 Å². The van der Waals surface area contributed by atoms with Crippen molar-refractivity contribution in [2.45, 2.75) is 32.6 Å². The maximum atomic E-state index is 10.4. The Morgan fingerprint density at radius 3 is 2.89 bits per heavy atom. The topological polar surface area (TPSA) is 89.1 Å². The first-order valence-electron chi connectivity index (χ1n) is 6.13. The van der Waals surface area contributed by atoms with Crippen LogP contribution in [0.2, 0.25) is 0 Å². The first-order chi connectivity index (χ1) is 9.15. The van der Waals surface area contributed by atoms with Crippen molar-refractivity contribution in [3.05, 3.63) is 29.8 Å². The minimum atomic E-state index is -0.782. The third-order valence-electron chi connectivity index (χ3n) is 2.61. The molecule has 19 heavy (non-hydrogen) atoms. The first-order valence-corrected chi connectivity index (χ1v) is 6.13. The lowest BCUT2D eigenvalue weighted by atomic mass is 10.2. The molecule has 0 aliphatic rings. The number of nitrogens with zero attached hydrogens (tertiary/aromatic N) is 3. The van der Waals surface area contributed by atoms with Gasteiger partial charge in [-0.15, -0.1) is 10.2 Å². The van der Waals surface area contributed by atoms with Gasteiger partial charge in [0.2, 0.25) is 5.89 Å². The molecular weight excluding hydrogens is 246 g/mol. The Morgan fingerprint density at radius 2 is 2.16 bits per heavy atom. The molecule has 2 rings (SSSR count). The van der Waals surface area contributed by atoms with E-state index in [0.717, 1.165) is 12.1 Å². The van der Waals surface area contributed by atoms with Gasteiger partial charge in [0.15, 0.2) is 0 Å². The van der Waals surface area contributed by atoms with Gasteiger partial charge in [0, 0.05) is 18.5 Å². The number of aryl methyl sites for hydroxylation is 2. The smallest absolute Gasteiger partial charge is 0.303 e. The number of aromatic nitrogens is 3. The van der Waals surface area contributed by atoms with Crippen LogP contribution in [0.5, 0.6) is 0 Å². The molecule has 1 N–H and O–H groups in total. The van der Waals surface area contributed by atoms with Crippen molar-refractivity contribution in [3.63, 3.8) is 0 Å². The van der Waals surface area contributed by atoms with Gasteiger partial charge in [-0.25, -0.2) is 4.98 Å². The largest absolute Gasteiger partial charge is 0.481 e. The molecule has 6 heteroatoms. The van der Waals surface area contributed by atoms with E-state index in [0.29, 0.717) is 30.3 Å². The molecule has 2 aromatic heterocycles. The van der Waals surface area contributed by atoms with Crippen molar-refractivity contribution in [2.75, 3.05) is 0 Å². The Balaban J connectivity index is 1.94. The fraction of sp³-hybridized carbons (Fsp3) is 0.385. The number of carboxylic acid groups (broad SMARTS) is 1. The minimum absolute atomic E-state index is 0.167. The summed E-state index contributed by atoms with van der Waals surface area (Å²) < 4.78 is 5.50. The predicted molar refractivity (Wildman–Crippen MR) is 67.5 cm³/mol. The van der Waals surface area contributed by atoms with Crippen LogP contribution in [0.3, 0.4) is 0 Å². The second-order valence-electron chi connectivity index (χ2n) is 4.27. The average molecular weight is 261 g/mol. The van der Waals surface area contributed by atoms with Gasteiger partial charge in [-0.2, -0.15) is 0 Å². The summed E-state index contributed by atoms with van der Waals surface area (Å²) in [4.78, 5) is 14.7. The summed E-state index contributed by atoms with van der Waals surface area (Å²) in [5, 5.41) is 16.4. The summed E-state index contributed by atoms with van der Waals surface area (Å²) in [6, 6.07) is 5.59. The Morgan fingerprint density at radius 1 is 1.32 bits per heavy atom. The molecule has 0 amide bonds. The monoisotopic (exact) mass is 261 g/mol. The van der Waals surface area contributed by atoms with Crippen molar-refractivity contribution in [1.29, 1.82) is 0 Å². The lowest BCUT2D eigenvalue weighted by Crippen LogP contribution is -1.95. The molecule has 0 radical (unpaired) electrons. The quantitative estimate of drug-likeness (QED) is 0.802. The van der Waals surface area contributed by atoms with Gasteiger partial charge >= 0.3 is 5.97 Å². The van der Waals surface area contributed by atoms with Crippen LogP contribution < -0.4 is 0 Å². The van der Waals surface area contributed by atoms with Crippen LogP contribution in [0.1, 0.15) is 30.8 Å². The summed E-state index contributed by atoms with van der Waals surface area (Å²) in [7, 11) is 0. The number of carbonyl (C=O) groups is 1. The third-order valence-corrected chi connectivity index (χ3v) is 2.61. The first kappa shape index (κ1) is 13.2. The van der Waals surface area contributed by atoms with E-state index in [4.69, 9.17) is 9.52 Å². The van der Waals surface area contributed by atoms with E-state index in [-0.39, 0.29) is 6.42 Å². The highest BCUT2D eigenvalue weighted by Gasteiger charge is 2.09. The maximum Gasteiger partial charge on any atom is 0.303 e. The molecule has 0 saturated heterocycles. The van der Waals surface area contributed by atoms with Crippen LogP contribution in [0, 0.1) is 6.92 Å². The molecule has 0 aliphatic heterocycles. The van der Waals surface area contributed by atoms with Crippen molar-refractivity contribution in [1.82, 2.24) is 15.2 Å². The van der Waals surface area contributed by atoms with Gasteiger partial charge in [-0.05, 0) is 31.9 Å². The Hall–Kier alpha value is -2.24. The summed E-state index contributed by atoms with van der Waals surface area (Å²) in [5.41, 5.74) is 1.54. The molecule has 0 spiro atoms. The molecule has 100 valence electrons. The molecule has 0 atom stereocenters. The summed E-state index contributed by atoms with van der Waals surface area (Å²) >= 11 is 0. The molecule has 0 unspecified atom stereocenters. The number of hydrogen-bond donors (Lipinski definition) is 1. The van der Waals surface area contributed by atoms with Gasteiger partial charge in [0.1, 0.15) is 5.69 Å². The third kappa shape index (κ3) is 3.87. The number of carboxylic acids is 1. The highest BCUT2D eigenvalue weighted by molar-refractivity contribution is 5.66. The number of pyridine rings is 1. The Kier molecular flexibility index (Phi) is 4.22. The van der Waals surface area contributed by atoms with E-state index in [2.05, 4.69) is 15.2 Å². The summed E-state index contributed by atoms with van der Waals surface area (Å²) in [6.45, 7) is 1.90. The van der Waals surface area contributed by atoms with E-state index in [1.807, 2.05) is 25.1 Å². The molecule has 0 aromatic carbocycles. The lowest BCUT2D eigenvalue weighted by Gasteiger charge is -1.96. The number of hydrogen-bond acceptors (Lipinski definition) is 5. The number of rotatable bonds is 6. The Bertz CT molecular complexity index is 566. The highest BCUT2D eigenvalue weighted by atomic mass is 16.4. The molecule has 0 saturated carbocycles. The zero-order chi connectivity index (χ0) is 13.7. The van der Waals surface area contributed by atoms with Crippen molar-refractivity contribution < 1.29 is 14.3 Å². The average Bonchev–Trinajstić information content (AvgIpc) is 2.83. The summed E-state index contributed by atoms with van der Waals surface area (Å²) in [5.74, 6) is 0.135. The molecule has 0 fully saturated rings. The fourth-order valence-electron chi connectivity index (χ4n) is 1.67. The molecule has 0 bridgehead atoms. The number of unbranched alkanes of at least 4 members (excludes halogenated alkanes) is 1. The number of aliphatic carboxylic acids is 1. The maximum absolute atomic E-state index is 10.4. The SMILES string of the molecule is Cc1cccc(-c2nnc(CCCCC(=O)O)o2)n1. The van der Waals surface area contributed by atoms with Gasteiger partial charge in [-0.1, -0.05) is 6.07 Å². The second-order valence-corrected chi connectivity index (χ2v) is 4.27. The second kappa shape index (κ2) is 6.08. The molecular formula is C13H15N3O3. The van der Waals surface area contributed by atoms with Crippen LogP contribution in [-0.2, 0) is 11.2 Å². The van der Waals surface area contributed by atoms with Gasteiger partial charge in [-0.3, -0.25) is 4.79 Å². The van der Waals surface area contributed by atoms with Crippen molar-refractivity contribution >= 4 is 5.97 Å². The van der Waals surface area contributed by atoms with Gasteiger partial charge in [0.25, 0.3) is 5.89 Å². The van der Waals surface area contributed by atoms with E-state index in [1.54, 1.807) is 0 Å². The summed E-state index contributed by atoms with van der Waals surface area (Å²) in [6.07, 6.45) is 2.08. The van der Waals surface area contributed by atoms with E-state index < -0.39 is 5.97 Å². The van der Waals surface area contributed by atoms with Crippen molar-refractivity contribution in [3.8, 4) is 11.6 Å². The lowest BCUT2D eigenvalue weighted by molar-refractivity contribution is -0.137. The fourth-order valence-corrected chi connectivity index (χ4v) is 1.67.